The lowest BCUT2D eigenvalue weighted by Crippen LogP contribution is -2.40. The van der Waals surface area contributed by atoms with Crippen LogP contribution < -0.4 is 10.6 Å². The molecule has 0 amide bonds. The largest absolute Gasteiger partial charge is 0.376 e. The van der Waals surface area contributed by atoms with Crippen molar-refractivity contribution in [2.75, 3.05) is 32.9 Å². The molecule has 2 N–H and O–H groups in total. The summed E-state index contributed by atoms with van der Waals surface area (Å²) >= 11 is 0. The van der Waals surface area contributed by atoms with E-state index in [1.54, 1.807) is 0 Å². The summed E-state index contributed by atoms with van der Waals surface area (Å²) < 4.78 is 10.9. The molecule has 3 atom stereocenters. The van der Waals surface area contributed by atoms with E-state index in [1.165, 1.54) is 6.42 Å². The highest BCUT2D eigenvalue weighted by Crippen LogP contribution is 2.28. The molecule has 2 aliphatic rings. The molecule has 17 heavy (non-hydrogen) atoms. The first-order chi connectivity index (χ1) is 8.29. The lowest BCUT2D eigenvalue weighted by molar-refractivity contribution is -0.0832. The first-order valence-corrected chi connectivity index (χ1v) is 6.53. The van der Waals surface area contributed by atoms with Gasteiger partial charge in [-0.15, -0.1) is 0 Å². The van der Waals surface area contributed by atoms with Gasteiger partial charge in [0.05, 0.1) is 26.4 Å². The van der Waals surface area contributed by atoms with Crippen molar-refractivity contribution in [2.24, 2.45) is 10.9 Å². The first kappa shape index (κ1) is 12.6. The van der Waals surface area contributed by atoms with Crippen LogP contribution in [0.5, 0.6) is 0 Å². The molecule has 0 aromatic carbocycles. The molecule has 3 unspecified atom stereocenters. The molecule has 0 bridgehead atoms. The van der Waals surface area contributed by atoms with Crippen LogP contribution in [0, 0.1) is 5.92 Å². The van der Waals surface area contributed by atoms with Gasteiger partial charge < -0.3 is 20.1 Å². The van der Waals surface area contributed by atoms with Gasteiger partial charge in [-0.3, -0.25) is 4.99 Å². The Morgan fingerprint density at radius 3 is 2.82 bits per heavy atom. The Labute approximate surface area is 103 Å². The predicted octanol–water partition coefficient (Wildman–Crippen LogP) is 0.365. The van der Waals surface area contributed by atoms with E-state index in [0.29, 0.717) is 32.4 Å². The SMILES string of the molecule is CCNC(=NCC1COCCO1)NC1CC1C. The molecule has 0 spiro atoms. The molecular formula is C12H23N3O2. The highest BCUT2D eigenvalue weighted by Gasteiger charge is 2.33. The zero-order valence-corrected chi connectivity index (χ0v) is 10.7. The molecule has 1 aliphatic carbocycles. The number of hydrogen-bond donors (Lipinski definition) is 2. The molecule has 1 saturated carbocycles. The smallest absolute Gasteiger partial charge is 0.191 e. The van der Waals surface area contributed by atoms with E-state index in [2.05, 4.69) is 29.5 Å². The monoisotopic (exact) mass is 241 g/mol. The number of hydrogen-bond acceptors (Lipinski definition) is 3. The number of rotatable bonds is 4. The third-order valence-corrected chi connectivity index (χ3v) is 3.11. The second-order valence-corrected chi connectivity index (χ2v) is 4.75. The molecule has 2 rings (SSSR count). The third kappa shape index (κ3) is 4.16. The minimum absolute atomic E-state index is 0.107. The van der Waals surface area contributed by atoms with Gasteiger partial charge in [-0.1, -0.05) is 6.92 Å². The minimum atomic E-state index is 0.107. The van der Waals surface area contributed by atoms with Gasteiger partial charge in [-0.25, -0.2) is 0 Å². The summed E-state index contributed by atoms with van der Waals surface area (Å²) in [5, 5.41) is 6.68. The Hall–Kier alpha value is -0.810. The fourth-order valence-electron chi connectivity index (χ4n) is 1.85. The number of nitrogens with zero attached hydrogens (tertiary/aromatic N) is 1. The topological polar surface area (TPSA) is 54.9 Å². The number of ether oxygens (including phenoxy) is 2. The van der Waals surface area contributed by atoms with Crippen molar-refractivity contribution in [3.8, 4) is 0 Å². The van der Waals surface area contributed by atoms with Gasteiger partial charge >= 0.3 is 0 Å². The predicted molar refractivity (Wildman–Crippen MR) is 67.2 cm³/mol. The van der Waals surface area contributed by atoms with E-state index in [9.17, 15) is 0 Å². The molecule has 0 radical (unpaired) electrons. The molecule has 1 saturated heterocycles. The molecule has 98 valence electrons. The van der Waals surface area contributed by atoms with Crippen molar-refractivity contribution >= 4 is 5.96 Å². The molecular weight excluding hydrogens is 218 g/mol. The van der Waals surface area contributed by atoms with E-state index >= 15 is 0 Å². The minimum Gasteiger partial charge on any atom is -0.376 e. The highest BCUT2D eigenvalue weighted by atomic mass is 16.6. The number of nitrogens with one attached hydrogen (secondary N) is 2. The Kier molecular flexibility index (Phi) is 4.62. The van der Waals surface area contributed by atoms with E-state index in [-0.39, 0.29) is 6.10 Å². The summed E-state index contributed by atoms with van der Waals surface area (Å²) in [6.45, 7) is 7.92. The van der Waals surface area contributed by atoms with Gasteiger partial charge in [0, 0.05) is 12.6 Å². The zero-order valence-electron chi connectivity index (χ0n) is 10.7. The standard InChI is InChI=1S/C12H23N3O2/c1-3-13-12(15-11-6-9(11)2)14-7-10-8-16-4-5-17-10/h9-11H,3-8H2,1-2H3,(H2,13,14,15). The molecule has 0 aromatic heterocycles. The van der Waals surface area contributed by atoms with Crippen LogP contribution in [0.15, 0.2) is 4.99 Å². The lowest BCUT2D eigenvalue weighted by atomic mass is 10.3. The Balaban J connectivity index is 1.76. The Morgan fingerprint density at radius 2 is 2.24 bits per heavy atom. The molecule has 2 fully saturated rings. The number of guanidine groups is 1. The summed E-state index contributed by atoms with van der Waals surface area (Å²) in [6, 6.07) is 0.594. The summed E-state index contributed by atoms with van der Waals surface area (Å²) in [4.78, 5) is 4.54. The Bertz CT molecular complexity index is 264. The van der Waals surface area contributed by atoms with Crippen LogP contribution >= 0.6 is 0 Å². The van der Waals surface area contributed by atoms with E-state index in [1.807, 2.05) is 0 Å². The van der Waals surface area contributed by atoms with Gasteiger partial charge in [0.25, 0.3) is 0 Å². The van der Waals surface area contributed by atoms with E-state index in [4.69, 9.17) is 9.47 Å². The lowest BCUT2D eigenvalue weighted by Gasteiger charge is -2.21. The van der Waals surface area contributed by atoms with Crippen molar-refractivity contribution in [3.05, 3.63) is 0 Å². The van der Waals surface area contributed by atoms with Gasteiger partial charge in [0.15, 0.2) is 5.96 Å². The van der Waals surface area contributed by atoms with Crippen LogP contribution in [0.3, 0.4) is 0 Å². The van der Waals surface area contributed by atoms with Gasteiger partial charge in [0.2, 0.25) is 0 Å². The zero-order chi connectivity index (χ0) is 12.1. The molecule has 5 nitrogen and oxygen atoms in total. The third-order valence-electron chi connectivity index (χ3n) is 3.11. The molecule has 1 heterocycles. The average Bonchev–Trinajstić information content (AvgIpc) is 3.04. The van der Waals surface area contributed by atoms with E-state index < -0.39 is 0 Å². The Morgan fingerprint density at radius 1 is 1.41 bits per heavy atom. The van der Waals surface area contributed by atoms with Crippen LogP contribution in [0.2, 0.25) is 0 Å². The summed E-state index contributed by atoms with van der Waals surface area (Å²) in [7, 11) is 0. The first-order valence-electron chi connectivity index (χ1n) is 6.53. The fourth-order valence-corrected chi connectivity index (χ4v) is 1.85. The summed E-state index contributed by atoms with van der Waals surface area (Å²) in [6.07, 6.45) is 1.35. The van der Waals surface area contributed by atoms with Crippen LogP contribution in [0.25, 0.3) is 0 Å². The van der Waals surface area contributed by atoms with Crippen molar-refractivity contribution < 1.29 is 9.47 Å². The van der Waals surface area contributed by atoms with Crippen LogP contribution in [-0.2, 0) is 9.47 Å². The van der Waals surface area contributed by atoms with Gasteiger partial charge in [-0.05, 0) is 19.3 Å². The van der Waals surface area contributed by atoms with Gasteiger partial charge in [-0.2, -0.15) is 0 Å². The van der Waals surface area contributed by atoms with Crippen molar-refractivity contribution in [2.45, 2.75) is 32.4 Å². The van der Waals surface area contributed by atoms with Crippen LogP contribution in [0.4, 0.5) is 0 Å². The van der Waals surface area contributed by atoms with Crippen LogP contribution in [-0.4, -0.2) is 51.0 Å². The maximum Gasteiger partial charge on any atom is 0.191 e. The molecule has 0 aromatic rings. The van der Waals surface area contributed by atoms with Crippen molar-refractivity contribution in [3.63, 3.8) is 0 Å². The highest BCUT2D eigenvalue weighted by molar-refractivity contribution is 5.80. The van der Waals surface area contributed by atoms with Crippen LogP contribution in [0.1, 0.15) is 20.3 Å². The second kappa shape index (κ2) is 6.21. The quantitative estimate of drug-likeness (QED) is 0.551. The van der Waals surface area contributed by atoms with Crippen molar-refractivity contribution in [1.29, 1.82) is 0 Å². The average molecular weight is 241 g/mol. The molecule has 1 aliphatic heterocycles. The second-order valence-electron chi connectivity index (χ2n) is 4.75. The normalized spacial score (nSPS) is 33.3. The maximum absolute atomic E-state index is 5.56. The van der Waals surface area contributed by atoms with E-state index in [0.717, 1.165) is 18.4 Å². The van der Waals surface area contributed by atoms with Crippen molar-refractivity contribution in [1.82, 2.24) is 10.6 Å². The summed E-state index contributed by atoms with van der Waals surface area (Å²) in [5.74, 6) is 1.67. The number of aliphatic imine (C=N–C) groups is 1. The maximum atomic E-state index is 5.56. The fraction of sp³-hybridized carbons (Fsp3) is 0.917. The van der Waals surface area contributed by atoms with Gasteiger partial charge in [0.1, 0.15) is 6.10 Å². The summed E-state index contributed by atoms with van der Waals surface area (Å²) in [5.41, 5.74) is 0. The molecule has 5 heteroatoms.